The molecule has 0 fully saturated rings. The van der Waals surface area contributed by atoms with E-state index in [4.69, 9.17) is 4.42 Å². The summed E-state index contributed by atoms with van der Waals surface area (Å²) >= 11 is 1.07. The van der Waals surface area contributed by atoms with Crippen molar-refractivity contribution in [2.45, 2.75) is 17.0 Å². The highest BCUT2D eigenvalue weighted by Gasteiger charge is 2.15. The van der Waals surface area contributed by atoms with E-state index in [1.165, 1.54) is 19.1 Å². The van der Waals surface area contributed by atoms with Gasteiger partial charge >= 0.3 is 0 Å². The van der Waals surface area contributed by atoms with Crippen LogP contribution >= 0.6 is 11.8 Å². The SMILES string of the molecule is CC(=O)c1cccc(NC(=O)CSc2nnc(-c3ccc(NS(=O)(=O)c4ccccc4)cc3)o2)c1. The number of hydrogen-bond donors (Lipinski definition) is 2. The summed E-state index contributed by atoms with van der Waals surface area (Å²) in [5.74, 6) is -0.105. The fourth-order valence-electron chi connectivity index (χ4n) is 3.02. The molecule has 35 heavy (non-hydrogen) atoms. The fourth-order valence-corrected chi connectivity index (χ4v) is 4.66. The molecule has 0 unspecified atom stereocenters. The predicted molar refractivity (Wildman–Crippen MR) is 133 cm³/mol. The summed E-state index contributed by atoms with van der Waals surface area (Å²) in [6.07, 6.45) is 0. The highest BCUT2D eigenvalue weighted by Crippen LogP contribution is 2.25. The van der Waals surface area contributed by atoms with Gasteiger partial charge in [-0.25, -0.2) is 8.42 Å². The lowest BCUT2D eigenvalue weighted by Gasteiger charge is -2.08. The van der Waals surface area contributed by atoms with Crippen molar-refractivity contribution in [2.24, 2.45) is 0 Å². The fraction of sp³-hybridized carbons (Fsp3) is 0.0833. The first-order valence-corrected chi connectivity index (χ1v) is 12.8. The zero-order valence-corrected chi connectivity index (χ0v) is 20.1. The topological polar surface area (TPSA) is 131 Å². The molecule has 0 radical (unpaired) electrons. The molecular formula is C24H20N4O5S2. The van der Waals surface area contributed by atoms with Gasteiger partial charge in [-0.3, -0.25) is 14.3 Å². The van der Waals surface area contributed by atoms with Gasteiger partial charge in [-0.2, -0.15) is 0 Å². The van der Waals surface area contributed by atoms with Crippen LogP contribution < -0.4 is 10.0 Å². The Balaban J connectivity index is 1.34. The second-order valence-corrected chi connectivity index (χ2v) is 9.95. The lowest BCUT2D eigenvalue weighted by Crippen LogP contribution is -2.14. The van der Waals surface area contributed by atoms with Crippen LogP contribution in [0, 0.1) is 0 Å². The molecule has 1 aromatic heterocycles. The molecular weight excluding hydrogens is 488 g/mol. The number of rotatable bonds is 9. The van der Waals surface area contributed by atoms with E-state index in [1.54, 1.807) is 66.7 Å². The monoisotopic (exact) mass is 508 g/mol. The molecule has 0 aliphatic heterocycles. The van der Waals surface area contributed by atoms with Crippen molar-refractivity contribution in [2.75, 3.05) is 15.8 Å². The van der Waals surface area contributed by atoms with Crippen molar-refractivity contribution in [1.82, 2.24) is 10.2 Å². The second-order valence-electron chi connectivity index (χ2n) is 7.34. The number of ketones is 1. The van der Waals surface area contributed by atoms with E-state index in [1.807, 2.05) is 0 Å². The molecule has 3 aromatic carbocycles. The number of sulfonamides is 1. The summed E-state index contributed by atoms with van der Waals surface area (Å²) in [4.78, 5) is 23.9. The van der Waals surface area contributed by atoms with E-state index in [2.05, 4.69) is 20.2 Å². The number of carbonyl (C=O) groups excluding carboxylic acids is 2. The molecule has 4 rings (SSSR count). The Bertz CT molecular complexity index is 1450. The Morgan fingerprint density at radius 1 is 0.914 bits per heavy atom. The number of benzene rings is 3. The van der Waals surface area contributed by atoms with Crippen molar-refractivity contribution in [3.8, 4) is 11.5 Å². The molecule has 0 saturated carbocycles. The first kappa shape index (κ1) is 24.2. The summed E-state index contributed by atoms with van der Waals surface area (Å²) < 4.78 is 33.0. The smallest absolute Gasteiger partial charge is 0.277 e. The average molecular weight is 509 g/mol. The molecule has 4 aromatic rings. The van der Waals surface area contributed by atoms with Crippen LogP contribution in [0.4, 0.5) is 11.4 Å². The van der Waals surface area contributed by atoms with Crippen LogP contribution in [0.1, 0.15) is 17.3 Å². The minimum atomic E-state index is -3.69. The van der Waals surface area contributed by atoms with Crippen LogP contribution in [0.15, 0.2) is 93.4 Å². The molecule has 2 N–H and O–H groups in total. The minimum Gasteiger partial charge on any atom is -0.411 e. The van der Waals surface area contributed by atoms with E-state index < -0.39 is 10.0 Å². The number of hydrogen-bond acceptors (Lipinski definition) is 8. The molecule has 1 heterocycles. The van der Waals surface area contributed by atoms with Crippen LogP contribution in [0.5, 0.6) is 0 Å². The van der Waals surface area contributed by atoms with Crippen LogP contribution in [-0.2, 0) is 14.8 Å². The standard InChI is InChI=1S/C24H20N4O5S2/c1-16(29)18-6-5-7-20(14-18)25-22(30)15-34-24-27-26-23(33-24)17-10-12-19(13-11-17)28-35(31,32)21-8-3-2-4-9-21/h2-14,28H,15H2,1H3,(H,25,30). The van der Waals surface area contributed by atoms with E-state index in [-0.39, 0.29) is 33.5 Å². The van der Waals surface area contributed by atoms with E-state index in [9.17, 15) is 18.0 Å². The minimum absolute atomic E-state index is 0.0339. The lowest BCUT2D eigenvalue weighted by molar-refractivity contribution is -0.113. The van der Waals surface area contributed by atoms with Gasteiger partial charge in [0.1, 0.15) is 0 Å². The maximum absolute atomic E-state index is 12.4. The van der Waals surface area contributed by atoms with Gasteiger partial charge < -0.3 is 9.73 Å². The van der Waals surface area contributed by atoms with Gasteiger partial charge in [0.25, 0.3) is 15.2 Å². The average Bonchev–Trinajstić information content (AvgIpc) is 3.33. The van der Waals surface area contributed by atoms with E-state index >= 15 is 0 Å². The molecule has 178 valence electrons. The van der Waals surface area contributed by atoms with Crippen molar-refractivity contribution in [3.05, 3.63) is 84.4 Å². The second kappa shape index (κ2) is 10.5. The third kappa shape index (κ3) is 6.34. The quantitative estimate of drug-likeness (QED) is 0.250. The maximum Gasteiger partial charge on any atom is 0.277 e. The van der Waals surface area contributed by atoms with Gasteiger partial charge in [-0.15, -0.1) is 10.2 Å². The Labute approximate surface area is 206 Å². The number of Topliss-reactive ketones (excluding diaryl/α,β-unsaturated/α-hetero) is 1. The normalized spacial score (nSPS) is 11.1. The zero-order valence-electron chi connectivity index (χ0n) is 18.5. The summed E-state index contributed by atoms with van der Waals surface area (Å²) in [5, 5.41) is 10.9. The van der Waals surface area contributed by atoms with Gasteiger partial charge in [0, 0.05) is 22.5 Å². The third-order valence-electron chi connectivity index (χ3n) is 4.72. The van der Waals surface area contributed by atoms with Crippen molar-refractivity contribution >= 4 is 44.9 Å². The number of anilines is 2. The number of aromatic nitrogens is 2. The molecule has 0 bridgehead atoms. The van der Waals surface area contributed by atoms with Crippen LogP contribution in [-0.4, -0.2) is 36.1 Å². The molecule has 1 amide bonds. The summed E-state index contributed by atoms with van der Waals surface area (Å²) in [7, 11) is -3.69. The van der Waals surface area contributed by atoms with Crippen molar-refractivity contribution < 1.29 is 22.4 Å². The Hall–Kier alpha value is -3.96. The summed E-state index contributed by atoms with van der Waals surface area (Å²) in [6, 6.07) is 21.2. The predicted octanol–water partition coefficient (Wildman–Crippen LogP) is 4.47. The van der Waals surface area contributed by atoms with Gasteiger partial charge in [0.05, 0.1) is 10.6 Å². The van der Waals surface area contributed by atoms with E-state index in [0.717, 1.165) is 11.8 Å². The first-order valence-electron chi connectivity index (χ1n) is 10.4. The van der Waals surface area contributed by atoms with E-state index in [0.29, 0.717) is 22.5 Å². The Kier molecular flexibility index (Phi) is 7.28. The summed E-state index contributed by atoms with van der Waals surface area (Å²) in [6.45, 7) is 1.46. The number of carbonyl (C=O) groups is 2. The largest absolute Gasteiger partial charge is 0.411 e. The third-order valence-corrected chi connectivity index (χ3v) is 6.94. The van der Waals surface area contributed by atoms with Crippen LogP contribution in [0.25, 0.3) is 11.5 Å². The molecule has 11 heteroatoms. The van der Waals surface area contributed by atoms with Crippen molar-refractivity contribution in [1.29, 1.82) is 0 Å². The molecule has 0 saturated heterocycles. The Morgan fingerprint density at radius 3 is 2.37 bits per heavy atom. The lowest BCUT2D eigenvalue weighted by atomic mass is 10.1. The molecule has 0 aliphatic carbocycles. The number of thioether (sulfide) groups is 1. The van der Waals surface area contributed by atoms with Gasteiger partial charge in [-0.1, -0.05) is 42.1 Å². The zero-order chi connectivity index (χ0) is 24.8. The first-order chi connectivity index (χ1) is 16.8. The molecule has 9 nitrogen and oxygen atoms in total. The number of amides is 1. The number of nitrogens with zero attached hydrogens (tertiary/aromatic N) is 2. The maximum atomic E-state index is 12.4. The van der Waals surface area contributed by atoms with Gasteiger partial charge in [-0.05, 0) is 55.5 Å². The van der Waals surface area contributed by atoms with Crippen LogP contribution in [0.3, 0.4) is 0 Å². The Morgan fingerprint density at radius 2 is 1.66 bits per heavy atom. The highest BCUT2D eigenvalue weighted by molar-refractivity contribution is 7.99. The number of nitrogens with one attached hydrogen (secondary N) is 2. The van der Waals surface area contributed by atoms with Crippen molar-refractivity contribution in [3.63, 3.8) is 0 Å². The van der Waals surface area contributed by atoms with Gasteiger partial charge in [0.15, 0.2) is 5.78 Å². The molecule has 0 aliphatic rings. The highest BCUT2D eigenvalue weighted by atomic mass is 32.2. The van der Waals surface area contributed by atoms with Gasteiger partial charge in [0.2, 0.25) is 11.8 Å². The molecule has 0 spiro atoms. The summed E-state index contributed by atoms with van der Waals surface area (Å²) in [5.41, 5.74) is 2.02. The van der Waals surface area contributed by atoms with Crippen LogP contribution in [0.2, 0.25) is 0 Å². The molecule has 0 atom stereocenters.